The van der Waals surface area contributed by atoms with E-state index in [4.69, 9.17) is 0 Å². The number of para-hydroxylation sites is 1. The Morgan fingerprint density at radius 3 is 2.46 bits per heavy atom. The van der Waals surface area contributed by atoms with Crippen molar-refractivity contribution >= 4 is 11.6 Å². The molecule has 60 valence electrons. The molecule has 1 aliphatic heterocycles. The van der Waals surface area contributed by atoms with Crippen LogP contribution in [0.4, 0.5) is 5.69 Å². The summed E-state index contributed by atoms with van der Waals surface area (Å²) < 4.78 is 0. The number of hydrogen-bond acceptors (Lipinski definition) is 1. The second-order valence-corrected chi connectivity index (χ2v) is 2.61. The zero-order valence-corrected chi connectivity index (χ0v) is 9.94. The maximum atomic E-state index is 11.2. The van der Waals surface area contributed by atoms with Crippen molar-refractivity contribution in [3.8, 4) is 0 Å². The molecule has 3 heteroatoms. The van der Waals surface area contributed by atoms with E-state index in [-0.39, 0.29) is 38.6 Å². The van der Waals surface area contributed by atoms with Gasteiger partial charge < -0.3 is 9.69 Å². The van der Waals surface area contributed by atoms with E-state index >= 15 is 0 Å². The van der Waals surface area contributed by atoms with Gasteiger partial charge in [0, 0.05) is 5.69 Å². The maximum Gasteiger partial charge on any atom is 3.00 e. The first-order chi connectivity index (χ1) is 5.88. The quantitative estimate of drug-likeness (QED) is 0.687. The van der Waals surface area contributed by atoms with E-state index in [9.17, 15) is 4.79 Å². The van der Waals surface area contributed by atoms with Crippen molar-refractivity contribution in [2.75, 3.05) is 11.4 Å². The summed E-state index contributed by atoms with van der Waals surface area (Å²) in [6, 6.07) is 9.60. The minimum atomic E-state index is 0. The third-order valence-corrected chi connectivity index (χ3v) is 1.81. The first kappa shape index (κ1) is 10.6. The fourth-order valence-electron chi connectivity index (χ4n) is 1.21. The molecule has 1 aromatic rings. The van der Waals surface area contributed by atoms with Crippen molar-refractivity contribution < 1.29 is 37.5 Å². The van der Waals surface area contributed by atoms with Crippen LogP contribution in [0.25, 0.3) is 0 Å². The molecule has 0 spiro atoms. The van der Waals surface area contributed by atoms with Crippen LogP contribution in [0.5, 0.6) is 0 Å². The van der Waals surface area contributed by atoms with Crippen LogP contribution in [0.2, 0.25) is 0 Å². The van der Waals surface area contributed by atoms with E-state index in [2.05, 4.69) is 6.08 Å². The van der Waals surface area contributed by atoms with Crippen molar-refractivity contribution in [2.45, 2.75) is 0 Å². The molecule has 0 radical (unpaired) electrons. The number of nitrogens with zero attached hydrogens (tertiary/aromatic N) is 1. The first-order valence-electron chi connectivity index (χ1n) is 3.81. The zero-order valence-electron chi connectivity index (χ0n) is 7.10. The summed E-state index contributed by atoms with van der Waals surface area (Å²) in [5, 5.41) is 0. The van der Waals surface area contributed by atoms with Gasteiger partial charge in [-0.1, -0.05) is 18.2 Å². The molecule has 0 fully saturated rings. The summed E-state index contributed by atoms with van der Waals surface area (Å²) >= 11 is 0. The predicted molar refractivity (Wildman–Crippen MR) is 46.6 cm³/mol. The van der Waals surface area contributed by atoms with E-state index in [1.165, 1.54) is 6.08 Å². The summed E-state index contributed by atoms with van der Waals surface area (Å²) in [5.41, 5.74) is 0.934. The zero-order chi connectivity index (χ0) is 8.39. The SMILES string of the molecule is O=C1C=[C-]CN1c1ccccc1.[Y+3]. The molecule has 1 aromatic carbocycles. The molecule has 0 bridgehead atoms. The topological polar surface area (TPSA) is 20.3 Å². The number of carbonyl (C=O) groups is 1. The van der Waals surface area contributed by atoms with Gasteiger partial charge in [0.2, 0.25) is 0 Å². The molecular weight excluding hydrogens is 239 g/mol. The Morgan fingerprint density at radius 1 is 1.23 bits per heavy atom. The van der Waals surface area contributed by atoms with E-state index in [0.717, 1.165) is 5.69 Å². The fraction of sp³-hybridized carbons (Fsp3) is 0.100. The number of carbonyl (C=O) groups excluding carboxylic acids is 1. The van der Waals surface area contributed by atoms with E-state index in [1.807, 2.05) is 30.3 Å². The second kappa shape index (κ2) is 4.68. The molecule has 1 heterocycles. The van der Waals surface area contributed by atoms with Gasteiger partial charge in [0.05, 0.1) is 5.91 Å². The Morgan fingerprint density at radius 2 is 1.92 bits per heavy atom. The molecule has 1 amide bonds. The van der Waals surface area contributed by atoms with Crippen molar-refractivity contribution in [2.24, 2.45) is 0 Å². The molecule has 2 nitrogen and oxygen atoms in total. The van der Waals surface area contributed by atoms with E-state index < -0.39 is 0 Å². The average Bonchev–Trinajstić information content (AvgIpc) is 2.53. The monoisotopic (exact) mass is 247 g/mol. The van der Waals surface area contributed by atoms with Gasteiger partial charge in [-0.25, -0.2) is 0 Å². The van der Waals surface area contributed by atoms with Crippen LogP contribution >= 0.6 is 0 Å². The van der Waals surface area contributed by atoms with E-state index in [1.54, 1.807) is 4.90 Å². The average molecular weight is 247 g/mol. The first-order valence-corrected chi connectivity index (χ1v) is 3.81. The molecule has 0 saturated heterocycles. The number of benzene rings is 1. The molecular formula is C10H8NOY+2. The van der Waals surface area contributed by atoms with Gasteiger partial charge in [0.1, 0.15) is 0 Å². The summed E-state index contributed by atoms with van der Waals surface area (Å²) in [6.45, 7) is 0.572. The Labute approximate surface area is 103 Å². The summed E-state index contributed by atoms with van der Waals surface area (Å²) in [6.07, 6.45) is 4.35. The summed E-state index contributed by atoms with van der Waals surface area (Å²) in [4.78, 5) is 12.9. The fourth-order valence-corrected chi connectivity index (χ4v) is 1.21. The molecule has 2 rings (SSSR count). The molecule has 0 saturated carbocycles. The van der Waals surface area contributed by atoms with Crippen molar-refractivity contribution in [3.05, 3.63) is 42.5 Å². The van der Waals surface area contributed by atoms with Crippen LogP contribution in [0, 0.1) is 6.08 Å². The van der Waals surface area contributed by atoms with Crippen LogP contribution in [0.15, 0.2) is 36.4 Å². The Balaban J connectivity index is 0.000000845. The minimum Gasteiger partial charge on any atom is -0.401 e. The van der Waals surface area contributed by atoms with Gasteiger partial charge in [-0.05, 0) is 18.7 Å². The van der Waals surface area contributed by atoms with Gasteiger partial charge in [-0.2, -0.15) is 6.08 Å². The predicted octanol–water partition coefficient (Wildman–Crippen LogP) is 1.39. The molecule has 0 aromatic heterocycles. The molecule has 0 atom stereocenters. The van der Waals surface area contributed by atoms with Gasteiger partial charge in [-0.3, -0.25) is 6.08 Å². The second-order valence-electron chi connectivity index (χ2n) is 2.61. The third-order valence-electron chi connectivity index (χ3n) is 1.81. The van der Waals surface area contributed by atoms with Crippen LogP contribution in [0.1, 0.15) is 0 Å². The molecule has 1 aliphatic rings. The van der Waals surface area contributed by atoms with Crippen LogP contribution in [0.3, 0.4) is 0 Å². The molecule has 0 aliphatic carbocycles. The van der Waals surface area contributed by atoms with Gasteiger partial charge in [0.25, 0.3) is 0 Å². The van der Waals surface area contributed by atoms with Gasteiger partial charge in [-0.15, -0.1) is 0 Å². The van der Waals surface area contributed by atoms with Crippen LogP contribution < -0.4 is 4.90 Å². The van der Waals surface area contributed by atoms with Crippen molar-refractivity contribution in [3.63, 3.8) is 0 Å². The summed E-state index contributed by atoms with van der Waals surface area (Å²) in [7, 11) is 0. The number of hydrogen-bond donors (Lipinski definition) is 0. The van der Waals surface area contributed by atoms with Crippen molar-refractivity contribution in [1.29, 1.82) is 0 Å². The van der Waals surface area contributed by atoms with Crippen molar-refractivity contribution in [1.82, 2.24) is 0 Å². The van der Waals surface area contributed by atoms with Gasteiger partial charge >= 0.3 is 32.7 Å². The maximum absolute atomic E-state index is 11.2. The Kier molecular flexibility index (Phi) is 3.82. The normalized spacial score (nSPS) is 14.5. The molecule has 13 heavy (non-hydrogen) atoms. The van der Waals surface area contributed by atoms with Crippen LogP contribution in [-0.4, -0.2) is 12.5 Å². The smallest absolute Gasteiger partial charge is 0.401 e. The molecule has 0 N–H and O–H groups in total. The number of anilines is 1. The third kappa shape index (κ3) is 2.26. The van der Waals surface area contributed by atoms with E-state index in [0.29, 0.717) is 6.54 Å². The number of rotatable bonds is 1. The van der Waals surface area contributed by atoms with Crippen LogP contribution in [-0.2, 0) is 37.5 Å². The Bertz CT molecular complexity index is 321. The molecule has 0 unspecified atom stereocenters. The standard InChI is InChI=1S/C10H8NO.Y/c12-10-7-4-8-11(10)9-5-2-1-3-6-9;/h1-3,5-7H,8H2;/q-1;+3. The van der Waals surface area contributed by atoms with Gasteiger partial charge in [0.15, 0.2) is 0 Å². The summed E-state index contributed by atoms with van der Waals surface area (Å²) in [5.74, 6) is 0.0150. The number of amides is 1. The Hall–Kier alpha value is -0.466. The minimum absolute atomic E-state index is 0. The largest absolute Gasteiger partial charge is 3.00 e.